The van der Waals surface area contributed by atoms with Crippen molar-refractivity contribution in [1.29, 1.82) is 0 Å². The third-order valence-electron chi connectivity index (χ3n) is 2.73. The first-order chi connectivity index (χ1) is 9.15. The van der Waals surface area contributed by atoms with Gasteiger partial charge in [-0.15, -0.1) is 0 Å². The van der Waals surface area contributed by atoms with Crippen molar-refractivity contribution >= 4 is 34.2 Å². The van der Waals surface area contributed by atoms with Crippen LogP contribution in [0, 0.1) is 3.57 Å². The number of rotatable bonds is 5. The molecule has 2 aromatic carbocycles. The van der Waals surface area contributed by atoms with E-state index in [2.05, 4.69) is 22.6 Å². The summed E-state index contributed by atoms with van der Waals surface area (Å²) in [5, 5.41) is 9.02. The van der Waals surface area contributed by atoms with Gasteiger partial charge in [-0.3, -0.25) is 4.79 Å². The SMILES string of the molecule is O=C(O)CN(Cc1ccc(I)cc1)c1ccccc1. The summed E-state index contributed by atoms with van der Waals surface area (Å²) < 4.78 is 1.17. The molecule has 0 spiro atoms. The quantitative estimate of drug-likeness (QED) is 0.824. The number of anilines is 1. The Morgan fingerprint density at radius 3 is 2.26 bits per heavy atom. The lowest BCUT2D eigenvalue weighted by molar-refractivity contribution is -0.135. The minimum Gasteiger partial charge on any atom is -0.480 e. The third kappa shape index (κ3) is 4.24. The first kappa shape index (κ1) is 13.9. The molecule has 3 nitrogen and oxygen atoms in total. The number of carboxylic acid groups (broad SMARTS) is 1. The summed E-state index contributed by atoms with van der Waals surface area (Å²) >= 11 is 2.25. The first-order valence-electron chi connectivity index (χ1n) is 5.91. The molecule has 0 radical (unpaired) electrons. The predicted molar refractivity (Wildman–Crippen MR) is 84.3 cm³/mol. The van der Waals surface area contributed by atoms with E-state index in [9.17, 15) is 4.79 Å². The van der Waals surface area contributed by atoms with E-state index in [1.807, 2.05) is 59.5 Å². The summed E-state index contributed by atoms with van der Waals surface area (Å²) in [5.41, 5.74) is 2.02. The molecule has 0 aliphatic rings. The number of halogens is 1. The molecule has 0 bridgehead atoms. The van der Waals surface area contributed by atoms with E-state index in [4.69, 9.17) is 5.11 Å². The van der Waals surface area contributed by atoms with Crippen LogP contribution in [0.15, 0.2) is 54.6 Å². The fourth-order valence-corrected chi connectivity index (χ4v) is 2.21. The fourth-order valence-electron chi connectivity index (χ4n) is 1.85. The molecule has 0 saturated heterocycles. The van der Waals surface area contributed by atoms with Crippen LogP contribution in [0.2, 0.25) is 0 Å². The predicted octanol–water partition coefficient (Wildman–Crippen LogP) is 3.38. The largest absolute Gasteiger partial charge is 0.480 e. The van der Waals surface area contributed by atoms with Crippen molar-refractivity contribution < 1.29 is 9.90 Å². The number of aliphatic carboxylic acids is 1. The molecule has 0 unspecified atom stereocenters. The van der Waals surface area contributed by atoms with Gasteiger partial charge in [0.05, 0.1) is 0 Å². The van der Waals surface area contributed by atoms with E-state index in [1.54, 1.807) is 0 Å². The van der Waals surface area contributed by atoms with Gasteiger partial charge in [-0.1, -0.05) is 30.3 Å². The molecular formula is C15H14INO2. The van der Waals surface area contributed by atoms with Crippen LogP contribution in [0.25, 0.3) is 0 Å². The molecule has 0 aromatic heterocycles. The second-order valence-electron chi connectivity index (χ2n) is 4.21. The molecule has 0 atom stereocenters. The molecule has 0 aliphatic carbocycles. The molecule has 1 N–H and O–H groups in total. The maximum Gasteiger partial charge on any atom is 0.323 e. The summed E-state index contributed by atoms with van der Waals surface area (Å²) in [6.45, 7) is 0.587. The lowest BCUT2D eigenvalue weighted by Crippen LogP contribution is -2.29. The normalized spacial score (nSPS) is 10.2. The number of hydrogen-bond acceptors (Lipinski definition) is 2. The molecule has 0 fully saturated rings. The van der Waals surface area contributed by atoms with Gasteiger partial charge in [0.15, 0.2) is 0 Å². The van der Waals surface area contributed by atoms with Crippen molar-refractivity contribution in [2.45, 2.75) is 6.54 Å². The molecule has 0 aliphatic heterocycles. The lowest BCUT2D eigenvalue weighted by Gasteiger charge is -2.23. The second-order valence-corrected chi connectivity index (χ2v) is 5.46. The van der Waals surface area contributed by atoms with Crippen LogP contribution < -0.4 is 4.90 Å². The van der Waals surface area contributed by atoms with Gasteiger partial charge in [0.2, 0.25) is 0 Å². The zero-order chi connectivity index (χ0) is 13.7. The molecule has 2 aromatic rings. The van der Waals surface area contributed by atoms with Crippen molar-refractivity contribution in [3.63, 3.8) is 0 Å². The third-order valence-corrected chi connectivity index (χ3v) is 3.45. The van der Waals surface area contributed by atoms with Crippen molar-refractivity contribution in [2.24, 2.45) is 0 Å². The lowest BCUT2D eigenvalue weighted by atomic mass is 10.2. The second kappa shape index (κ2) is 6.56. The highest BCUT2D eigenvalue weighted by molar-refractivity contribution is 14.1. The van der Waals surface area contributed by atoms with Gasteiger partial charge in [0.1, 0.15) is 6.54 Å². The van der Waals surface area contributed by atoms with E-state index in [0.29, 0.717) is 6.54 Å². The zero-order valence-electron chi connectivity index (χ0n) is 10.3. The van der Waals surface area contributed by atoms with Crippen molar-refractivity contribution in [3.8, 4) is 0 Å². The molecule has 0 heterocycles. The molecular weight excluding hydrogens is 353 g/mol. The van der Waals surface area contributed by atoms with Crippen LogP contribution in [0.1, 0.15) is 5.56 Å². The maximum absolute atomic E-state index is 11.0. The zero-order valence-corrected chi connectivity index (χ0v) is 12.4. The first-order valence-corrected chi connectivity index (χ1v) is 6.99. The molecule has 0 saturated carbocycles. The van der Waals surface area contributed by atoms with Crippen LogP contribution in [0.3, 0.4) is 0 Å². The Kier molecular flexibility index (Phi) is 4.79. The Bertz CT molecular complexity index is 540. The van der Waals surface area contributed by atoms with Gasteiger partial charge in [-0.05, 0) is 52.4 Å². The topological polar surface area (TPSA) is 40.5 Å². The van der Waals surface area contributed by atoms with Gasteiger partial charge in [0, 0.05) is 15.8 Å². The number of hydrogen-bond donors (Lipinski definition) is 1. The van der Waals surface area contributed by atoms with E-state index >= 15 is 0 Å². The minimum absolute atomic E-state index is 0.00397. The Balaban J connectivity index is 2.19. The number of para-hydroxylation sites is 1. The van der Waals surface area contributed by atoms with Crippen LogP contribution >= 0.6 is 22.6 Å². The summed E-state index contributed by atoms with van der Waals surface area (Å²) in [4.78, 5) is 12.8. The highest BCUT2D eigenvalue weighted by Crippen LogP contribution is 2.17. The highest BCUT2D eigenvalue weighted by atomic mass is 127. The van der Waals surface area contributed by atoms with E-state index in [-0.39, 0.29) is 6.54 Å². The molecule has 4 heteroatoms. The Labute approximate surface area is 126 Å². The average Bonchev–Trinajstić information content (AvgIpc) is 2.41. The summed E-state index contributed by atoms with van der Waals surface area (Å²) in [7, 11) is 0. The number of carbonyl (C=O) groups is 1. The van der Waals surface area contributed by atoms with Gasteiger partial charge >= 0.3 is 5.97 Å². The summed E-state index contributed by atoms with van der Waals surface area (Å²) in [6.07, 6.45) is 0. The van der Waals surface area contributed by atoms with Crippen molar-refractivity contribution in [2.75, 3.05) is 11.4 Å². The van der Waals surface area contributed by atoms with Gasteiger partial charge in [-0.2, -0.15) is 0 Å². The Hall–Kier alpha value is -1.56. The number of benzene rings is 2. The van der Waals surface area contributed by atoms with E-state index < -0.39 is 5.97 Å². The van der Waals surface area contributed by atoms with E-state index in [1.165, 1.54) is 3.57 Å². The Morgan fingerprint density at radius 1 is 1.05 bits per heavy atom. The fraction of sp³-hybridized carbons (Fsp3) is 0.133. The minimum atomic E-state index is -0.825. The maximum atomic E-state index is 11.0. The standard InChI is InChI=1S/C15H14INO2/c16-13-8-6-12(7-9-13)10-17(11-15(18)19)14-4-2-1-3-5-14/h1-9H,10-11H2,(H,18,19). The number of carboxylic acids is 1. The smallest absolute Gasteiger partial charge is 0.323 e. The Morgan fingerprint density at radius 2 is 1.68 bits per heavy atom. The van der Waals surface area contributed by atoms with Crippen LogP contribution in [-0.4, -0.2) is 17.6 Å². The molecule has 19 heavy (non-hydrogen) atoms. The number of nitrogens with zero attached hydrogens (tertiary/aromatic N) is 1. The monoisotopic (exact) mass is 367 g/mol. The van der Waals surface area contributed by atoms with Crippen LogP contribution in [0.5, 0.6) is 0 Å². The van der Waals surface area contributed by atoms with Crippen molar-refractivity contribution in [1.82, 2.24) is 0 Å². The molecule has 2 rings (SSSR count). The van der Waals surface area contributed by atoms with Crippen LogP contribution in [0.4, 0.5) is 5.69 Å². The van der Waals surface area contributed by atoms with Gasteiger partial charge in [0.25, 0.3) is 0 Å². The van der Waals surface area contributed by atoms with Gasteiger partial charge in [-0.25, -0.2) is 0 Å². The molecule has 98 valence electrons. The molecule has 0 amide bonds. The van der Waals surface area contributed by atoms with Gasteiger partial charge < -0.3 is 10.0 Å². The van der Waals surface area contributed by atoms with Crippen molar-refractivity contribution in [3.05, 3.63) is 63.7 Å². The van der Waals surface area contributed by atoms with E-state index in [0.717, 1.165) is 11.3 Å². The highest BCUT2D eigenvalue weighted by Gasteiger charge is 2.10. The average molecular weight is 367 g/mol. The summed E-state index contributed by atoms with van der Waals surface area (Å²) in [5.74, 6) is -0.825. The van der Waals surface area contributed by atoms with Crippen LogP contribution in [-0.2, 0) is 11.3 Å². The summed E-state index contributed by atoms with van der Waals surface area (Å²) in [6, 6.07) is 17.7.